The molecule has 10 atom stereocenters. The molecule has 4 aliphatic rings. The van der Waals surface area contributed by atoms with Crippen LogP contribution in [0.4, 0.5) is 0 Å². The summed E-state index contributed by atoms with van der Waals surface area (Å²) in [4.78, 5) is 13.3. The molecule has 0 radical (unpaired) electrons. The third-order valence-electron chi connectivity index (χ3n) is 13.9. The van der Waals surface area contributed by atoms with E-state index in [1.54, 1.807) is 0 Å². The van der Waals surface area contributed by atoms with Crippen LogP contribution >= 0.6 is 31.9 Å². The predicted molar refractivity (Wildman–Crippen MR) is 196 cm³/mol. The summed E-state index contributed by atoms with van der Waals surface area (Å²) in [6.45, 7) is 14.9. The number of fused-ring (bicyclic) bond motifs is 5. The third kappa shape index (κ3) is 8.34. The monoisotopic (exact) mass is 740 g/mol. The summed E-state index contributed by atoms with van der Waals surface area (Å²) in [5.41, 5.74) is 0.779. The largest absolute Gasteiger partial charge is 0.462 e. The number of esters is 1. The lowest BCUT2D eigenvalue weighted by molar-refractivity contribution is -0.158. The van der Waals surface area contributed by atoms with E-state index in [2.05, 4.69) is 73.4 Å². The molecule has 44 heavy (non-hydrogen) atoms. The van der Waals surface area contributed by atoms with E-state index in [1.807, 2.05) is 0 Å². The third-order valence-corrected chi connectivity index (χ3v) is 17.5. The number of unbranched alkanes of at least 4 members (excludes halogenated alkanes) is 9. The van der Waals surface area contributed by atoms with E-state index in [0.29, 0.717) is 16.7 Å². The van der Waals surface area contributed by atoms with Crippen molar-refractivity contribution in [2.75, 3.05) is 0 Å². The summed E-state index contributed by atoms with van der Waals surface area (Å²) < 4.78 is 6.21. The van der Waals surface area contributed by atoms with E-state index in [0.717, 1.165) is 54.8 Å². The first kappa shape index (κ1) is 37.3. The zero-order valence-corrected chi connectivity index (χ0v) is 32.9. The maximum atomic E-state index is 12.9. The van der Waals surface area contributed by atoms with E-state index in [9.17, 15) is 4.79 Å². The van der Waals surface area contributed by atoms with Crippen molar-refractivity contribution >= 4 is 37.8 Å². The quantitative estimate of drug-likeness (QED) is 0.0843. The lowest BCUT2D eigenvalue weighted by Crippen LogP contribution is -2.64. The molecule has 2 nitrogen and oxygen atoms in total. The van der Waals surface area contributed by atoms with Gasteiger partial charge in [0, 0.05) is 22.0 Å². The van der Waals surface area contributed by atoms with Gasteiger partial charge < -0.3 is 4.74 Å². The number of hydrogen-bond acceptors (Lipinski definition) is 2. The Labute approximate surface area is 290 Å². The van der Waals surface area contributed by atoms with Crippen molar-refractivity contribution in [2.24, 2.45) is 46.3 Å². The minimum absolute atomic E-state index is 0.0113. The SMILES string of the molecule is CCCCCCCCCCCCC(=O)OC1CCC2(C)C3CCC4(C)C(C(C)CCCC(C)C)CCC4C3CC(Br)C2(Br)C1. The van der Waals surface area contributed by atoms with Crippen molar-refractivity contribution in [1.29, 1.82) is 0 Å². The fourth-order valence-corrected chi connectivity index (χ4v) is 13.5. The summed E-state index contributed by atoms with van der Waals surface area (Å²) in [7, 11) is 0. The van der Waals surface area contributed by atoms with Crippen molar-refractivity contribution in [2.45, 2.75) is 198 Å². The summed E-state index contributed by atoms with van der Waals surface area (Å²) in [6.07, 6.45) is 28.0. The number of rotatable bonds is 17. The van der Waals surface area contributed by atoms with Gasteiger partial charge in [-0.1, -0.05) is 150 Å². The highest BCUT2D eigenvalue weighted by atomic mass is 79.9. The number of carbonyl (C=O) groups is 1. The number of halogens is 2. The Hall–Kier alpha value is 0.430. The average molecular weight is 743 g/mol. The van der Waals surface area contributed by atoms with Crippen LogP contribution in [-0.2, 0) is 9.53 Å². The van der Waals surface area contributed by atoms with Gasteiger partial charge in [0.05, 0.1) is 0 Å². The van der Waals surface area contributed by atoms with Gasteiger partial charge in [0.2, 0.25) is 0 Å². The molecule has 4 rings (SSSR count). The highest BCUT2D eigenvalue weighted by molar-refractivity contribution is 9.12. The number of alkyl halides is 2. The molecular formula is C40H70Br2O2. The molecule has 256 valence electrons. The zero-order chi connectivity index (χ0) is 32.0. The van der Waals surface area contributed by atoms with E-state index < -0.39 is 0 Å². The first-order valence-corrected chi connectivity index (χ1v) is 21.2. The van der Waals surface area contributed by atoms with Gasteiger partial charge in [-0.2, -0.15) is 0 Å². The van der Waals surface area contributed by atoms with Crippen molar-refractivity contribution in [1.82, 2.24) is 0 Å². The first-order chi connectivity index (χ1) is 21.0. The molecule has 0 amide bonds. The molecule has 4 fully saturated rings. The summed E-state index contributed by atoms with van der Waals surface area (Å²) >= 11 is 8.70. The first-order valence-electron chi connectivity index (χ1n) is 19.5. The molecular weight excluding hydrogens is 672 g/mol. The fourth-order valence-electron chi connectivity index (χ4n) is 11.3. The molecule has 0 saturated heterocycles. The van der Waals surface area contributed by atoms with Gasteiger partial charge in [-0.15, -0.1) is 0 Å². The highest BCUT2D eigenvalue weighted by Gasteiger charge is 2.67. The van der Waals surface area contributed by atoms with E-state index in [1.165, 1.54) is 116 Å². The summed E-state index contributed by atoms with van der Waals surface area (Å²) in [6, 6.07) is 0. The van der Waals surface area contributed by atoms with Crippen LogP contribution in [-0.4, -0.2) is 21.2 Å². The van der Waals surface area contributed by atoms with Crippen LogP contribution in [0.15, 0.2) is 0 Å². The fraction of sp³-hybridized carbons (Fsp3) is 0.975. The van der Waals surface area contributed by atoms with Crippen LogP contribution in [0.3, 0.4) is 0 Å². The van der Waals surface area contributed by atoms with Gasteiger partial charge in [0.15, 0.2) is 0 Å². The second-order valence-corrected chi connectivity index (χ2v) is 19.7. The number of carbonyl (C=O) groups excluding carboxylic acids is 1. The van der Waals surface area contributed by atoms with Crippen molar-refractivity contribution in [3.63, 3.8) is 0 Å². The average Bonchev–Trinajstić information content (AvgIpc) is 3.33. The number of ether oxygens (including phenoxy) is 1. The second-order valence-electron chi connectivity index (χ2n) is 17.2. The summed E-state index contributed by atoms with van der Waals surface area (Å²) in [5, 5.41) is 0. The minimum Gasteiger partial charge on any atom is -0.462 e. The highest BCUT2D eigenvalue weighted by Crippen LogP contribution is 2.71. The lowest BCUT2D eigenvalue weighted by Gasteiger charge is -2.66. The molecule has 4 aliphatic carbocycles. The Morgan fingerprint density at radius 3 is 2.14 bits per heavy atom. The van der Waals surface area contributed by atoms with E-state index >= 15 is 0 Å². The smallest absolute Gasteiger partial charge is 0.306 e. The molecule has 0 heterocycles. The van der Waals surface area contributed by atoms with Gasteiger partial charge in [0.25, 0.3) is 0 Å². The minimum atomic E-state index is 0.0113. The Morgan fingerprint density at radius 2 is 1.48 bits per heavy atom. The molecule has 0 aromatic rings. The summed E-state index contributed by atoms with van der Waals surface area (Å²) in [5.74, 6) is 5.13. The maximum absolute atomic E-state index is 12.9. The second kappa shape index (κ2) is 16.7. The molecule has 0 bridgehead atoms. The van der Waals surface area contributed by atoms with E-state index in [4.69, 9.17) is 4.74 Å². The standard InChI is InChI=1S/C40H70Br2O2/c1-7-8-9-10-11-12-13-14-15-16-20-37(43)44-31-23-26-39(6)35-24-25-38(5)33(30(4)19-17-18-29(2)3)21-22-34(38)32(35)27-36(41)40(39,42)28-31/h29-36H,7-28H2,1-6H3. The molecule has 0 N–H and O–H groups in total. The Kier molecular flexibility index (Phi) is 14.1. The topological polar surface area (TPSA) is 26.3 Å². The molecule has 0 aromatic heterocycles. The number of hydrogen-bond donors (Lipinski definition) is 0. The Bertz CT molecular complexity index is 891. The van der Waals surface area contributed by atoms with Crippen molar-refractivity contribution in [3.8, 4) is 0 Å². The van der Waals surface area contributed by atoms with Crippen LogP contribution in [0.2, 0.25) is 0 Å². The van der Waals surface area contributed by atoms with Crippen LogP contribution in [0, 0.1) is 46.3 Å². The normalized spacial score (nSPS) is 39.0. The van der Waals surface area contributed by atoms with Gasteiger partial charge >= 0.3 is 5.97 Å². The molecule has 0 spiro atoms. The lowest BCUT2D eigenvalue weighted by atomic mass is 9.44. The van der Waals surface area contributed by atoms with Crippen molar-refractivity contribution < 1.29 is 9.53 Å². The van der Waals surface area contributed by atoms with Crippen LogP contribution in [0.25, 0.3) is 0 Å². The van der Waals surface area contributed by atoms with E-state index in [-0.39, 0.29) is 21.8 Å². The molecule has 0 aromatic carbocycles. The predicted octanol–water partition coefficient (Wildman–Crippen LogP) is 13.2. The maximum Gasteiger partial charge on any atom is 0.306 e. The van der Waals surface area contributed by atoms with Gasteiger partial charge in [0.1, 0.15) is 6.10 Å². The van der Waals surface area contributed by atoms with Crippen LogP contribution in [0.1, 0.15) is 183 Å². The van der Waals surface area contributed by atoms with Crippen LogP contribution < -0.4 is 0 Å². The molecule has 10 unspecified atom stereocenters. The zero-order valence-electron chi connectivity index (χ0n) is 29.7. The van der Waals surface area contributed by atoms with Crippen molar-refractivity contribution in [3.05, 3.63) is 0 Å². The molecule has 0 aliphatic heterocycles. The Balaban J connectivity index is 1.26. The van der Waals surface area contributed by atoms with Gasteiger partial charge in [-0.3, -0.25) is 4.79 Å². The van der Waals surface area contributed by atoms with Gasteiger partial charge in [-0.05, 0) is 97.7 Å². The molecule has 4 saturated carbocycles. The Morgan fingerprint density at radius 1 is 0.818 bits per heavy atom. The van der Waals surface area contributed by atoms with Gasteiger partial charge in [-0.25, -0.2) is 0 Å². The molecule has 4 heteroatoms. The van der Waals surface area contributed by atoms with Crippen LogP contribution in [0.5, 0.6) is 0 Å².